The Kier molecular flexibility index (Phi) is 6.73. The Labute approximate surface area is 129 Å². The summed E-state index contributed by atoms with van der Waals surface area (Å²) >= 11 is 3.60. The number of hydrogen-bond acceptors (Lipinski definition) is 4. The summed E-state index contributed by atoms with van der Waals surface area (Å²) in [4.78, 5) is 17.1. The number of hydrogen-bond donors (Lipinski definition) is 1. The zero-order chi connectivity index (χ0) is 14.2. The van der Waals surface area contributed by atoms with Crippen molar-refractivity contribution >= 4 is 29.4 Å². The van der Waals surface area contributed by atoms with Crippen LogP contribution in [0.2, 0.25) is 0 Å². The molecule has 2 rings (SSSR count). The van der Waals surface area contributed by atoms with Crippen molar-refractivity contribution in [2.24, 2.45) is 0 Å². The lowest BCUT2D eigenvalue weighted by Gasteiger charge is -2.29. The maximum Gasteiger partial charge on any atom is 0.230 e. The van der Waals surface area contributed by atoms with Crippen LogP contribution in [-0.2, 0) is 4.79 Å². The van der Waals surface area contributed by atoms with E-state index in [2.05, 4.69) is 17.2 Å². The second kappa shape index (κ2) is 8.57. The van der Waals surface area contributed by atoms with E-state index in [9.17, 15) is 4.79 Å². The van der Waals surface area contributed by atoms with Crippen molar-refractivity contribution in [3.63, 3.8) is 0 Å². The van der Waals surface area contributed by atoms with Crippen LogP contribution >= 0.6 is 23.5 Å². The van der Waals surface area contributed by atoms with Gasteiger partial charge in [0.2, 0.25) is 5.91 Å². The number of carbonyl (C=O) groups excluding carboxylic acids is 1. The highest BCUT2D eigenvalue weighted by Crippen LogP contribution is 2.28. The molecule has 20 heavy (non-hydrogen) atoms. The number of nitrogens with zero attached hydrogens (tertiary/aromatic N) is 1. The molecular weight excluding hydrogens is 288 g/mol. The Morgan fingerprint density at radius 3 is 2.95 bits per heavy atom. The fraction of sp³-hybridized carbons (Fsp3) is 0.600. The molecule has 1 amide bonds. The molecule has 1 aliphatic rings. The van der Waals surface area contributed by atoms with E-state index in [1.807, 2.05) is 23.9 Å². The molecule has 1 N–H and O–H groups in total. The average molecular weight is 310 g/mol. The minimum Gasteiger partial charge on any atom is -0.353 e. The number of amides is 1. The standard InChI is InChI=1S/C15H22N2OS2/c1-2-19-14-5-3-4-12(10-14)17-15(18)11-20-13-6-8-16-9-7-13/h6-9,12,14H,2-5,10-11H2,1H3,(H,17,18). The lowest BCUT2D eigenvalue weighted by Crippen LogP contribution is -2.40. The van der Waals surface area contributed by atoms with Gasteiger partial charge in [-0.2, -0.15) is 11.8 Å². The van der Waals surface area contributed by atoms with Gasteiger partial charge in [-0.25, -0.2) is 0 Å². The van der Waals surface area contributed by atoms with Gasteiger partial charge in [0.05, 0.1) is 5.75 Å². The van der Waals surface area contributed by atoms with Crippen LogP contribution in [0.1, 0.15) is 32.6 Å². The van der Waals surface area contributed by atoms with Gasteiger partial charge in [-0.1, -0.05) is 13.3 Å². The fourth-order valence-corrected chi connectivity index (χ4v) is 4.38. The first kappa shape index (κ1) is 15.7. The molecule has 110 valence electrons. The summed E-state index contributed by atoms with van der Waals surface area (Å²) < 4.78 is 0. The first-order valence-corrected chi connectivity index (χ1v) is 9.25. The molecule has 0 saturated heterocycles. The molecular formula is C15H22N2OS2. The van der Waals surface area contributed by atoms with Gasteiger partial charge in [-0.3, -0.25) is 9.78 Å². The summed E-state index contributed by atoms with van der Waals surface area (Å²) in [5, 5.41) is 3.92. The van der Waals surface area contributed by atoms with Crippen LogP contribution in [0, 0.1) is 0 Å². The molecule has 2 unspecified atom stereocenters. The van der Waals surface area contributed by atoms with Crippen molar-refractivity contribution in [3.05, 3.63) is 24.5 Å². The Morgan fingerprint density at radius 2 is 2.20 bits per heavy atom. The van der Waals surface area contributed by atoms with Gasteiger partial charge in [0, 0.05) is 28.6 Å². The highest BCUT2D eigenvalue weighted by molar-refractivity contribution is 8.00. The molecule has 1 saturated carbocycles. The van der Waals surface area contributed by atoms with E-state index >= 15 is 0 Å². The molecule has 1 heterocycles. The molecule has 0 spiro atoms. The van der Waals surface area contributed by atoms with E-state index in [4.69, 9.17) is 0 Å². The molecule has 1 aliphatic carbocycles. The van der Waals surface area contributed by atoms with Gasteiger partial charge in [0.1, 0.15) is 0 Å². The maximum absolute atomic E-state index is 12.0. The number of carbonyl (C=O) groups is 1. The SMILES string of the molecule is CCSC1CCCC(NC(=O)CSc2ccncc2)C1. The Balaban J connectivity index is 1.71. The van der Waals surface area contributed by atoms with E-state index in [0.717, 1.165) is 23.0 Å². The van der Waals surface area contributed by atoms with Crippen LogP contribution in [0.3, 0.4) is 0 Å². The van der Waals surface area contributed by atoms with E-state index in [1.165, 1.54) is 18.6 Å². The molecule has 0 aromatic carbocycles. The third-order valence-electron chi connectivity index (χ3n) is 3.41. The quantitative estimate of drug-likeness (QED) is 0.818. The summed E-state index contributed by atoms with van der Waals surface area (Å²) in [5.41, 5.74) is 0. The highest BCUT2D eigenvalue weighted by atomic mass is 32.2. The predicted octanol–water partition coefficient (Wildman–Crippen LogP) is 3.35. The minimum absolute atomic E-state index is 0.152. The summed E-state index contributed by atoms with van der Waals surface area (Å²) in [5.74, 6) is 1.81. The minimum atomic E-state index is 0.152. The Morgan fingerprint density at radius 1 is 1.40 bits per heavy atom. The van der Waals surface area contributed by atoms with Gasteiger partial charge in [-0.15, -0.1) is 11.8 Å². The zero-order valence-electron chi connectivity index (χ0n) is 11.9. The normalized spacial score (nSPS) is 22.4. The van der Waals surface area contributed by atoms with Crippen molar-refractivity contribution < 1.29 is 4.79 Å². The van der Waals surface area contributed by atoms with Crippen molar-refractivity contribution in [2.45, 2.75) is 48.8 Å². The summed E-state index contributed by atoms with van der Waals surface area (Å²) in [6.45, 7) is 2.21. The topological polar surface area (TPSA) is 42.0 Å². The molecule has 0 bridgehead atoms. The molecule has 3 nitrogen and oxygen atoms in total. The van der Waals surface area contributed by atoms with E-state index in [0.29, 0.717) is 11.8 Å². The second-order valence-corrected chi connectivity index (χ2v) is 7.61. The molecule has 5 heteroatoms. The van der Waals surface area contributed by atoms with Gasteiger partial charge in [-0.05, 0) is 37.1 Å². The van der Waals surface area contributed by atoms with Gasteiger partial charge in [0.25, 0.3) is 0 Å². The predicted molar refractivity (Wildman–Crippen MR) is 87.3 cm³/mol. The monoisotopic (exact) mass is 310 g/mol. The lowest BCUT2D eigenvalue weighted by atomic mass is 9.95. The van der Waals surface area contributed by atoms with Crippen LogP contribution in [0.25, 0.3) is 0 Å². The number of aromatic nitrogens is 1. The van der Waals surface area contributed by atoms with Crippen LogP contribution in [0.15, 0.2) is 29.4 Å². The molecule has 0 radical (unpaired) electrons. The first-order chi connectivity index (χ1) is 9.78. The molecule has 1 aromatic heterocycles. The number of rotatable bonds is 6. The van der Waals surface area contributed by atoms with Gasteiger partial charge < -0.3 is 5.32 Å². The lowest BCUT2D eigenvalue weighted by molar-refractivity contribution is -0.119. The van der Waals surface area contributed by atoms with Gasteiger partial charge in [0.15, 0.2) is 0 Å². The fourth-order valence-electron chi connectivity index (χ4n) is 2.52. The number of thioether (sulfide) groups is 2. The third-order valence-corrected chi connectivity index (χ3v) is 5.66. The van der Waals surface area contributed by atoms with E-state index in [-0.39, 0.29) is 5.91 Å². The summed E-state index contributed by atoms with van der Waals surface area (Å²) in [6, 6.07) is 4.25. The molecule has 1 aromatic rings. The Hall–Kier alpha value is -0.680. The molecule has 1 fully saturated rings. The highest BCUT2D eigenvalue weighted by Gasteiger charge is 2.22. The van der Waals surface area contributed by atoms with Crippen LogP contribution in [-0.4, -0.2) is 33.7 Å². The molecule has 2 atom stereocenters. The second-order valence-electron chi connectivity index (χ2n) is 4.98. The third kappa shape index (κ3) is 5.37. The maximum atomic E-state index is 12.0. The number of nitrogens with one attached hydrogen (secondary N) is 1. The smallest absolute Gasteiger partial charge is 0.230 e. The van der Waals surface area contributed by atoms with E-state index in [1.54, 1.807) is 24.2 Å². The van der Waals surface area contributed by atoms with Crippen molar-refractivity contribution in [3.8, 4) is 0 Å². The summed E-state index contributed by atoms with van der Waals surface area (Å²) in [6.07, 6.45) is 8.31. The average Bonchev–Trinajstić information content (AvgIpc) is 2.47. The van der Waals surface area contributed by atoms with Crippen LogP contribution < -0.4 is 5.32 Å². The molecule has 0 aliphatic heterocycles. The van der Waals surface area contributed by atoms with Crippen LogP contribution in [0.5, 0.6) is 0 Å². The van der Waals surface area contributed by atoms with Gasteiger partial charge >= 0.3 is 0 Å². The number of pyridine rings is 1. The largest absolute Gasteiger partial charge is 0.353 e. The van der Waals surface area contributed by atoms with Crippen molar-refractivity contribution in [1.82, 2.24) is 10.3 Å². The van der Waals surface area contributed by atoms with Crippen LogP contribution in [0.4, 0.5) is 0 Å². The zero-order valence-corrected chi connectivity index (χ0v) is 13.5. The van der Waals surface area contributed by atoms with Crippen molar-refractivity contribution in [2.75, 3.05) is 11.5 Å². The van der Waals surface area contributed by atoms with E-state index < -0.39 is 0 Å². The Bertz CT molecular complexity index is 412. The van der Waals surface area contributed by atoms with Crippen molar-refractivity contribution in [1.29, 1.82) is 0 Å². The summed E-state index contributed by atoms with van der Waals surface area (Å²) in [7, 11) is 0. The first-order valence-electron chi connectivity index (χ1n) is 7.21.